The van der Waals surface area contributed by atoms with E-state index in [1.165, 1.54) is 149 Å². The van der Waals surface area contributed by atoms with Crippen LogP contribution in [0.4, 0.5) is 0 Å². The molecule has 0 aliphatic carbocycles. The van der Waals surface area contributed by atoms with E-state index in [2.05, 4.69) is 382 Å². The molecule has 19 rings (SSSR count). The lowest BCUT2D eigenvalue weighted by Crippen LogP contribution is -1.96. The summed E-state index contributed by atoms with van der Waals surface area (Å²) in [6.07, 6.45) is 0. The van der Waals surface area contributed by atoms with Crippen molar-refractivity contribution < 1.29 is 0 Å². The monoisotopic (exact) mass is 1200 g/mol. The molecule has 0 aliphatic heterocycles. The Hall–Kier alpha value is -12.5. The summed E-state index contributed by atoms with van der Waals surface area (Å²) in [4.78, 5) is 0. The van der Waals surface area contributed by atoms with Crippen LogP contribution < -0.4 is 0 Å². The van der Waals surface area contributed by atoms with Crippen molar-refractivity contribution in [2.24, 2.45) is 0 Å². The highest BCUT2D eigenvalue weighted by atomic mass is 15.0. The maximum Gasteiger partial charge on any atom is 0.0619 e. The van der Waals surface area contributed by atoms with E-state index in [0.717, 1.165) is 17.1 Å². The van der Waals surface area contributed by atoms with Crippen LogP contribution in [-0.4, -0.2) is 18.3 Å². The molecule has 15 aromatic carbocycles. The van der Waals surface area contributed by atoms with E-state index in [1.54, 1.807) is 0 Å². The second kappa shape index (κ2) is 22.8. The van der Waals surface area contributed by atoms with Gasteiger partial charge in [0.2, 0.25) is 0 Å². The van der Waals surface area contributed by atoms with Gasteiger partial charge in [0.1, 0.15) is 0 Å². The Morgan fingerprint density at radius 2 is 0.383 bits per heavy atom. The fourth-order valence-electron chi connectivity index (χ4n) is 14.8. The third-order valence-corrected chi connectivity index (χ3v) is 19.1. The van der Waals surface area contributed by atoms with Gasteiger partial charge in [-0.2, -0.15) is 0 Å². The molecular formula is C90H60N4. The van der Waals surface area contributed by atoms with Crippen molar-refractivity contribution in [1.82, 2.24) is 18.3 Å². The smallest absolute Gasteiger partial charge is 0.0619 e. The molecular weight excluding hydrogens is 1140 g/mol. The normalized spacial score (nSPS) is 11.6. The Kier molecular flexibility index (Phi) is 13.2. The second-order valence-electron chi connectivity index (χ2n) is 24.4. The Labute approximate surface area is 544 Å². The van der Waals surface area contributed by atoms with E-state index < -0.39 is 0 Å². The number of hydrogen-bond donors (Lipinski definition) is 0. The first-order valence-corrected chi connectivity index (χ1v) is 32.3. The van der Waals surface area contributed by atoms with Crippen LogP contribution in [0, 0.1) is 0 Å². The van der Waals surface area contributed by atoms with Gasteiger partial charge >= 0.3 is 0 Å². The van der Waals surface area contributed by atoms with Gasteiger partial charge in [0.05, 0.1) is 44.1 Å². The lowest BCUT2D eigenvalue weighted by atomic mass is 9.99. The Morgan fingerprint density at radius 1 is 0.138 bits per heavy atom. The van der Waals surface area contributed by atoms with Crippen molar-refractivity contribution in [2.75, 3.05) is 0 Å². The Balaban J connectivity index is 0.000000139. The average molecular weight is 1200 g/mol. The van der Waals surface area contributed by atoms with Crippen molar-refractivity contribution in [1.29, 1.82) is 0 Å². The third-order valence-electron chi connectivity index (χ3n) is 19.1. The van der Waals surface area contributed by atoms with Crippen LogP contribution in [0.3, 0.4) is 0 Å². The summed E-state index contributed by atoms with van der Waals surface area (Å²) < 4.78 is 9.65. The standard InChI is InChI=1S/C48H32N2.C42H28N2/c1-3-12-33(13-4-1)35-22-27-38(28-23-35)49-45-20-9-8-17-42(45)44-32-37(26-31-47(44)49)40-18-11-19-43-41-16-7-10-21-46(41)50(48(40)43)39-29-24-36(25-30-39)34-14-5-2-6-15-34;1-3-12-29(13-4-1)30-22-25-33(26-23-30)43-39-20-9-8-17-36(39)38-28-31(24-27-41(38)43)34-18-11-19-37-35-16-7-10-21-40(35)44(42(34)37)32-14-5-2-6-15-32/h1-32H;1-28H. The van der Waals surface area contributed by atoms with Crippen LogP contribution in [0.25, 0.3) is 166 Å². The summed E-state index contributed by atoms with van der Waals surface area (Å²) in [6.45, 7) is 0. The van der Waals surface area contributed by atoms with Gasteiger partial charge in [0, 0.05) is 77.0 Å². The van der Waals surface area contributed by atoms with Crippen molar-refractivity contribution >= 4 is 87.2 Å². The fourth-order valence-corrected chi connectivity index (χ4v) is 14.8. The van der Waals surface area contributed by atoms with Crippen molar-refractivity contribution in [3.8, 4) is 78.4 Å². The van der Waals surface area contributed by atoms with Crippen molar-refractivity contribution in [3.05, 3.63) is 364 Å². The van der Waals surface area contributed by atoms with E-state index in [1.807, 2.05) is 0 Å². The zero-order valence-electron chi connectivity index (χ0n) is 51.4. The molecule has 0 fully saturated rings. The highest BCUT2D eigenvalue weighted by molar-refractivity contribution is 6.18. The van der Waals surface area contributed by atoms with Gasteiger partial charge in [0.15, 0.2) is 0 Å². The number of benzene rings is 15. The highest BCUT2D eigenvalue weighted by Crippen LogP contribution is 2.44. The topological polar surface area (TPSA) is 19.7 Å². The zero-order valence-corrected chi connectivity index (χ0v) is 51.4. The molecule has 94 heavy (non-hydrogen) atoms. The zero-order chi connectivity index (χ0) is 62.1. The molecule has 0 saturated heterocycles. The Morgan fingerprint density at radius 3 is 0.745 bits per heavy atom. The quantitative estimate of drug-likeness (QED) is 0.137. The molecule has 0 spiro atoms. The predicted octanol–water partition coefficient (Wildman–Crippen LogP) is 24.1. The van der Waals surface area contributed by atoms with E-state index >= 15 is 0 Å². The van der Waals surface area contributed by atoms with E-state index in [-0.39, 0.29) is 0 Å². The summed E-state index contributed by atoms with van der Waals surface area (Å²) in [5, 5.41) is 10.1. The first-order valence-electron chi connectivity index (χ1n) is 32.3. The number of rotatable bonds is 9. The summed E-state index contributed by atoms with van der Waals surface area (Å²) in [7, 11) is 0. The minimum Gasteiger partial charge on any atom is -0.309 e. The number of nitrogens with zero attached hydrogens (tertiary/aromatic N) is 4. The first kappa shape index (κ1) is 54.4. The average Bonchev–Trinajstić information content (AvgIpc) is 1.59. The molecule has 0 aliphatic rings. The van der Waals surface area contributed by atoms with Crippen LogP contribution in [-0.2, 0) is 0 Å². The van der Waals surface area contributed by atoms with E-state index in [9.17, 15) is 0 Å². The second-order valence-corrected chi connectivity index (χ2v) is 24.4. The fraction of sp³-hybridized carbons (Fsp3) is 0. The molecule has 0 N–H and O–H groups in total. The summed E-state index contributed by atoms with van der Waals surface area (Å²) >= 11 is 0. The summed E-state index contributed by atoms with van der Waals surface area (Å²) in [6, 6.07) is 132. The molecule has 4 aromatic heterocycles. The molecule has 0 unspecified atom stereocenters. The van der Waals surface area contributed by atoms with Crippen LogP contribution in [0.5, 0.6) is 0 Å². The van der Waals surface area contributed by atoms with Gasteiger partial charge in [0.25, 0.3) is 0 Å². The maximum atomic E-state index is 2.44. The molecule has 0 atom stereocenters. The first-order chi connectivity index (χ1) is 46.7. The van der Waals surface area contributed by atoms with Gasteiger partial charge in [-0.3, -0.25) is 0 Å². The van der Waals surface area contributed by atoms with Crippen LogP contribution in [0.15, 0.2) is 364 Å². The molecule has 0 bridgehead atoms. The van der Waals surface area contributed by atoms with Gasteiger partial charge in [-0.15, -0.1) is 0 Å². The van der Waals surface area contributed by atoms with Crippen LogP contribution >= 0.6 is 0 Å². The number of hydrogen-bond acceptors (Lipinski definition) is 0. The third kappa shape index (κ3) is 9.14. The highest BCUT2D eigenvalue weighted by Gasteiger charge is 2.22. The predicted molar refractivity (Wildman–Crippen MR) is 397 cm³/mol. The largest absolute Gasteiger partial charge is 0.309 e. The summed E-state index contributed by atoms with van der Waals surface area (Å²) in [5.41, 5.74) is 26.6. The van der Waals surface area contributed by atoms with E-state index in [0.29, 0.717) is 0 Å². The SMILES string of the molecule is c1ccc(-c2ccc(-n3c4ccccc4c4cc(-c5cccc6c7ccccc7n(-c7ccc(-c8ccccc8)cc7)c56)ccc43)cc2)cc1.c1ccc(-c2ccc(-n3c4ccccc4c4cc(-c5cccc6c7ccccc7n(-c7ccccc7)c56)ccc43)cc2)cc1. The van der Waals surface area contributed by atoms with Gasteiger partial charge < -0.3 is 18.3 Å². The lowest BCUT2D eigenvalue weighted by molar-refractivity contribution is 1.18. The van der Waals surface area contributed by atoms with E-state index in [4.69, 9.17) is 0 Å². The molecule has 4 nitrogen and oxygen atoms in total. The Bertz CT molecular complexity index is 6030. The molecule has 0 radical (unpaired) electrons. The number of para-hydroxylation sites is 7. The molecule has 440 valence electrons. The summed E-state index contributed by atoms with van der Waals surface area (Å²) in [5.74, 6) is 0. The van der Waals surface area contributed by atoms with Crippen molar-refractivity contribution in [3.63, 3.8) is 0 Å². The minimum absolute atomic E-state index is 1.15. The van der Waals surface area contributed by atoms with Gasteiger partial charge in [-0.05, 0) is 142 Å². The van der Waals surface area contributed by atoms with Gasteiger partial charge in [-0.25, -0.2) is 0 Å². The molecule has 4 heteroatoms. The number of fused-ring (bicyclic) bond motifs is 12. The van der Waals surface area contributed by atoms with Crippen molar-refractivity contribution in [2.45, 2.75) is 0 Å². The molecule has 0 amide bonds. The minimum atomic E-state index is 1.15. The van der Waals surface area contributed by atoms with Crippen LogP contribution in [0.1, 0.15) is 0 Å². The number of aromatic nitrogens is 4. The molecule has 4 heterocycles. The van der Waals surface area contributed by atoms with Crippen LogP contribution in [0.2, 0.25) is 0 Å². The molecule has 0 saturated carbocycles. The lowest BCUT2D eigenvalue weighted by Gasteiger charge is -2.13. The molecule has 19 aromatic rings. The van der Waals surface area contributed by atoms with Gasteiger partial charge in [-0.1, -0.05) is 267 Å². The maximum absolute atomic E-state index is 2.44.